The molecule has 1 aliphatic carbocycles. The number of rotatable bonds is 1. The van der Waals surface area contributed by atoms with Gasteiger partial charge in [-0.05, 0) is 37.3 Å². The fraction of sp³-hybridized carbons (Fsp3) is 0.385. The van der Waals surface area contributed by atoms with E-state index in [4.69, 9.17) is 0 Å². The Morgan fingerprint density at radius 2 is 2.19 bits per heavy atom. The summed E-state index contributed by atoms with van der Waals surface area (Å²) in [5, 5.41) is 1.18. The van der Waals surface area contributed by atoms with Crippen LogP contribution in [0.15, 0.2) is 24.7 Å². The van der Waals surface area contributed by atoms with Gasteiger partial charge in [0.25, 0.3) is 0 Å². The van der Waals surface area contributed by atoms with E-state index < -0.39 is 0 Å². The molecule has 2 aromatic heterocycles. The molecule has 16 heavy (non-hydrogen) atoms. The lowest BCUT2D eigenvalue weighted by atomic mass is 9.96. The average Bonchev–Trinajstić information content (AvgIpc) is 2.73. The third kappa shape index (κ3) is 1.43. The Morgan fingerprint density at radius 3 is 3.00 bits per heavy atom. The lowest BCUT2D eigenvalue weighted by molar-refractivity contribution is 0.740. The molecule has 0 amide bonds. The molecule has 0 atom stereocenters. The summed E-state index contributed by atoms with van der Waals surface area (Å²) in [5.74, 6) is 0. The van der Waals surface area contributed by atoms with Crippen LogP contribution in [0.5, 0.6) is 0 Å². The normalized spacial score (nSPS) is 16.4. The van der Waals surface area contributed by atoms with Gasteiger partial charge in [0.05, 0.1) is 5.69 Å². The van der Waals surface area contributed by atoms with Crippen LogP contribution in [0.1, 0.15) is 31.4 Å². The first kappa shape index (κ1) is 9.58. The second-order valence-electron chi connectivity index (χ2n) is 4.36. The Morgan fingerprint density at radius 1 is 1.25 bits per heavy atom. The maximum absolute atomic E-state index is 4.45. The SMILES string of the molecule is Cn1ccc2c(C3=CCCCC3)ncnc21. The molecule has 2 aromatic rings. The molecule has 3 nitrogen and oxygen atoms in total. The highest BCUT2D eigenvalue weighted by Gasteiger charge is 2.12. The van der Waals surface area contributed by atoms with E-state index in [1.165, 1.54) is 30.2 Å². The zero-order valence-corrected chi connectivity index (χ0v) is 9.48. The van der Waals surface area contributed by atoms with Gasteiger partial charge in [0.15, 0.2) is 0 Å². The minimum absolute atomic E-state index is 1.02. The molecular formula is C13H15N3. The van der Waals surface area contributed by atoms with E-state index >= 15 is 0 Å². The minimum atomic E-state index is 1.02. The van der Waals surface area contributed by atoms with Crippen LogP contribution in [0, 0.1) is 0 Å². The lowest BCUT2D eigenvalue weighted by Crippen LogP contribution is -1.97. The summed E-state index contributed by atoms with van der Waals surface area (Å²) >= 11 is 0. The smallest absolute Gasteiger partial charge is 0.143 e. The first-order valence-corrected chi connectivity index (χ1v) is 5.82. The maximum Gasteiger partial charge on any atom is 0.143 e. The Kier molecular flexibility index (Phi) is 2.24. The van der Waals surface area contributed by atoms with Crippen LogP contribution in [-0.2, 0) is 7.05 Å². The third-order valence-electron chi connectivity index (χ3n) is 3.26. The minimum Gasteiger partial charge on any atom is -0.335 e. The van der Waals surface area contributed by atoms with E-state index in [0.717, 1.165) is 17.8 Å². The Balaban J connectivity index is 2.19. The van der Waals surface area contributed by atoms with Crippen molar-refractivity contribution in [3.8, 4) is 0 Å². The second-order valence-corrected chi connectivity index (χ2v) is 4.36. The number of hydrogen-bond donors (Lipinski definition) is 0. The number of allylic oxidation sites excluding steroid dienone is 2. The highest BCUT2D eigenvalue weighted by molar-refractivity contribution is 5.88. The predicted octanol–water partition coefficient (Wildman–Crippen LogP) is 2.93. The van der Waals surface area contributed by atoms with Crippen molar-refractivity contribution in [2.75, 3.05) is 0 Å². The summed E-state index contributed by atoms with van der Waals surface area (Å²) in [7, 11) is 2.02. The van der Waals surface area contributed by atoms with Crippen LogP contribution < -0.4 is 0 Å². The molecule has 3 rings (SSSR count). The van der Waals surface area contributed by atoms with E-state index in [-0.39, 0.29) is 0 Å². The van der Waals surface area contributed by atoms with Crippen LogP contribution >= 0.6 is 0 Å². The number of aryl methyl sites for hydroxylation is 1. The van der Waals surface area contributed by atoms with E-state index in [1.54, 1.807) is 6.33 Å². The van der Waals surface area contributed by atoms with Gasteiger partial charge in [0.2, 0.25) is 0 Å². The molecule has 0 spiro atoms. The van der Waals surface area contributed by atoms with Gasteiger partial charge in [-0.2, -0.15) is 0 Å². The molecule has 82 valence electrons. The standard InChI is InChI=1S/C13H15N3/c1-16-8-7-11-12(14-9-15-13(11)16)10-5-3-2-4-6-10/h5,7-9H,2-4,6H2,1H3. The third-order valence-corrected chi connectivity index (χ3v) is 3.26. The van der Waals surface area contributed by atoms with E-state index in [2.05, 4.69) is 22.1 Å². The van der Waals surface area contributed by atoms with Crippen molar-refractivity contribution in [2.24, 2.45) is 7.05 Å². The number of aromatic nitrogens is 3. The Hall–Kier alpha value is -1.64. The monoisotopic (exact) mass is 213 g/mol. The molecule has 1 aliphatic rings. The lowest BCUT2D eigenvalue weighted by Gasteiger charge is -2.12. The predicted molar refractivity (Wildman–Crippen MR) is 65.0 cm³/mol. The van der Waals surface area contributed by atoms with Gasteiger partial charge in [-0.3, -0.25) is 0 Å². The number of hydrogen-bond acceptors (Lipinski definition) is 2. The van der Waals surface area contributed by atoms with Crippen molar-refractivity contribution in [1.29, 1.82) is 0 Å². The first-order chi connectivity index (χ1) is 7.86. The first-order valence-electron chi connectivity index (χ1n) is 5.82. The van der Waals surface area contributed by atoms with Gasteiger partial charge in [0, 0.05) is 18.6 Å². The van der Waals surface area contributed by atoms with Gasteiger partial charge >= 0.3 is 0 Å². The van der Waals surface area contributed by atoms with Crippen molar-refractivity contribution >= 4 is 16.6 Å². The van der Waals surface area contributed by atoms with Crippen molar-refractivity contribution in [3.05, 3.63) is 30.4 Å². The fourth-order valence-corrected chi connectivity index (χ4v) is 2.39. The molecule has 0 unspecified atom stereocenters. The highest BCUT2D eigenvalue weighted by atomic mass is 15.0. The highest BCUT2D eigenvalue weighted by Crippen LogP contribution is 2.29. The molecule has 3 heteroatoms. The summed E-state index contributed by atoms with van der Waals surface area (Å²) in [6.45, 7) is 0. The molecule has 0 aliphatic heterocycles. The number of nitrogens with zero attached hydrogens (tertiary/aromatic N) is 3. The topological polar surface area (TPSA) is 30.7 Å². The van der Waals surface area contributed by atoms with Crippen molar-refractivity contribution in [2.45, 2.75) is 25.7 Å². The molecule has 0 radical (unpaired) electrons. The van der Waals surface area contributed by atoms with Crippen LogP contribution in [0.4, 0.5) is 0 Å². The van der Waals surface area contributed by atoms with Gasteiger partial charge in [-0.1, -0.05) is 6.08 Å². The largest absolute Gasteiger partial charge is 0.335 e. The van der Waals surface area contributed by atoms with E-state index in [1.807, 2.05) is 17.8 Å². The molecule has 0 bridgehead atoms. The molecule has 0 saturated heterocycles. The Bertz CT molecular complexity index is 551. The zero-order chi connectivity index (χ0) is 11.0. The van der Waals surface area contributed by atoms with Crippen molar-refractivity contribution in [3.63, 3.8) is 0 Å². The van der Waals surface area contributed by atoms with Crippen molar-refractivity contribution in [1.82, 2.24) is 14.5 Å². The van der Waals surface area contributed by atoms with Crippen LogP contribution in [0.3, 0.4) is 0 Å². The van der Waals surface area contributed by atoms with Crippen LogP contribution in [0.2, 0.25) is 0 Å². The molecular weight excluding hydrogens is 198 g/mol. The summed E-state index contributed by atoms with van der Waals surface area (Å²) in [6.07, 6.45) is 11.0. The molecule has 0 saturated carbocycles. The average molecular weight is 213 g/mol. The van der Waals surface area contributed by atoms with Crippen molar-refractivity contribution < 1.29 is 0 Å². The summed E-state index contributed by atoms with van der Waals surface area (Å²) in [6, 6.07) is 2.11. The fourth-order valence-electron chi connectivity index (χ4n) is 2.39. The zero-order valence-electron chi connectivity index (χ0n) is 9.48. The Labute approximate surface area is 94.8 Å². The van der Waals surface area contributed by atoms with Gasteiger partial charge < -0.3 is 4.57 Å². The second kappa shape index (κ2) is 3.74. The van der Waals surface area contributed by atoms with E-state index in [9.17, 15) is 0 Å². The molecule has 2 heterocycles. The quantitative estimate of drug-likeness (QED) is 0.729. The maximum atomic E-state index is 4.45. The van der Waals surface area contributed by atoms with Crippen LogP contribution in [-0.4, -0.2) is 14.5 Å². The summed E-state index contributed by atoms with van der Waals surface area (Å²) in [4.78, 5) is 8.77. The summed E-state index contributed by atoms with van der Waals surface area (Å²) < 4.78 is 2.05. The van der Waals surface area contributed by atoms with Gasteiger partial charge in [-0.15, -0.1) is 0 Å². The van der Waals surface area contributed by atoms with Gasteiger partial charge in [0.1, 0.15) is 12.0 Å². The van der Waals surface area contributed by atoms with Gasteiger partial charge in [-0.25, -0.2) is 9.97 Å². The molecule has 0 N–H and O–H groups in total. The van der Waals surface area contributed by atoms with Crippen LogP contribution in [0.25, 0.3) is 16.6 Å². The summed E-state index contributed by atoms with van der Waals surface area (Å²) in [5.41, 5.74) is 3.55. The van der Waals surface area contributed by atoms with E-state index in [0.29, 0.717) is 0 Å². The molecule has 0 aromatic carbocycles. The number of fused-ring (bicyclic) bond motifs is 1. The molecule has 0 fully saturated rings.